The van der Waals surface area contributed by atoms with Gasteiger partial charge >= 0.3 is 0 Å². The zero-order valence-electron chi connectivity index (χ0n) is 10.8. The van der Waals surface area contributed by atoms with Gasteiger partial charge in [-0.1, -0.05) is 19.1 Å². The second-order valence-corrected chi connectivity index (χ2v) is 4.73. The number of ether oxygens (including phenoxy) is 1. The van der Waals surface area contributed by atoms with Crippen molar-refractivity contribution in [3.8, 4) is 5.75 Å². The van der Waals surface area contributed by atoms with Crippen LogP contribution in [0.2, 0.25) is 0 Å². The smallest absolute Gasteiger partial charge is 0.123 e. The number of likely N-dealkylation sites (N-methyl/N-ethyl adjacent to an activating group) is 1. The second-order valence-electron chi connectivity index (χ2n) is 4.73. The molecule has 0 fully saturated rings. The van der Waals surface area contributed by atoms with Crippen LogP contribution in [0.1, 0.15) is 25.0 Å². The molecule has 0 aliphatic carbocycles. The van der Waals surface area contributed by atoms with Crippen molar-refractivity contribution in [2.75, 3.05) is 19.6 Å². The summed E-state index contributed by atoms with van der Waals surface area (Å²) in [5.41, 5.74) is 8.31. The number of rotatable bonds is 5. The highest BCUT2D eigenvalue weighted by Crippen LogP contribution is 2.29. The Bertz CT molecular complexity index is 378. The summed E-state index contributed by atoms with van der Waals surface area (Å²) in [4.78, 5) is 2.36. The van der Waals surface area contributed by atoms with E-state index in [-0.39, 0.29) is 0 Å². The zero-order chi connectivity index (χ0) is 12.3. The molecule has 3 heteroatoms. The van der Waals surface area contributed by atoms with Gasteiger partial charge in [0.15, 0.2) is 0 Å². The number of hydrogen-bond acceptors (Lipinski definition) is 3. The van der Waals surface area contributed by atoms with Gasteiger partial charge in [-0.05, 0) is 30.7 Å². The lowest BCUT2D eigenvalue weighted by Gasteiger charge is -2.19. The lowest BCUT2D eigenvalue weighted by Crippen LogP contribution is -2.28. The predicted octanol–water partition coefficient (Wildman–Crippen LogP) is 1.79. The lowest BCUT2D eigenvalue weighted by atomic mass is 10.1. The van der Waals surface area contributed by atoms with Crippen molar-refractivity contribution >= 4 is 0 Å². The summed E-state index contributed by atoms with van der Waals surface area (Å²) in [5, 5.41) is 0. The fraction of sp³-hybridized carbons (Fsp3) is 0.571. The molecule has 1 aromatic rings. The molecular formula is C14H22N2O. The van der Waals surface area contributed by atoms with E-state index < -0.39 is 0 Å². The predicted molar refractivity (Wildman–Crippen MR) is 70.2 cm³/mol. The van der Waals surface area contributed by atoms with Crippen molar-refractivity contribution in [3.05, 3.63) is 29.3 Å². The zero-order valence-corrected chi connectivity index (χ0v) is 10.8. The molecule has 0 saturated heterocycles. The fourth-order valence-corrected chi connectivity index (χ4v) is 2.36. The van der Waals surface area contributed by atoms with E-state index in [0.717, 1.165) is 38.3 Å². The molecule has 2 rings (SSSR count). The van der Waals surface area contributed by atoms with Crippen LogP contribution in [0.5, 0.6) is 5.75 Å². The molecule has 0 bridgehead atoms. The molecule has 1 unspecified atom stereocenters. The largest absolute Gasteiger partial charge is 0.490 e. The molecule has 0 radical (unpaired) electrons. The molecule has 0 saturated carbocycles. The first-order chi connectivity index (χ1) is 8.22. The summed E-state index contributed by atoms with van der Waals surface area (Å²) in [5.74, 6) is 1.06. The number of hydrogen-bond donors (Lipinski definition) is 1. The van der Waals surface area contributed by atoms with E-state index in [1.165, 1.54) is 11.1 Å². The van der Waals surface area contributed by atoms with Crippen LogP contribution >= 0.6 is 0 Å². The van der Waals surface area contributed by atoms with E-state index in [1.54, 1.807) is 0 Å². The average Bonchev–Trinajstić information content (AvgIpc) is 2.68. The van der Waals surface area contributed by atoms with E-state index in [0.29, 0.717) is 6.10 Å². The van der Waals surface area contributed by atoms with Crippen LogP contribution in [0.15, 0.2) is 18.2 Å². The minimum Gasteiger partial charge on any atom is -0.490 e. The van der Waals surface area contributed by atoms with Crippen molar-refractivity contribution in [2.24, 2.45) is 5.73 Å². The Hall–Kier alpha value is -1.06. The Morgan fingerprint density at radius 3 is 3.00 bits per heavy atom. The molecule has 3 nitrogen and oxygen atoms in total. The number of nitrogens with zero attached hydrogens (tertiary/aromatic N) is 1. The van der Waals surface area contributed by atoms with Crippen molar-refractivity contribution in [3.63, 3.8) is 0 Å². The van der Waals surface area contributed by atoms with Gasteiger partial charge < -0.3 is 10.5 Å². The van der Waals surface area contributed by atoms with Crippen LogP contribution in [0.4, 0.5) is 0 Å². The summed E-state index contributed by atoms with van der Waals surface area (Å²) in [6, 6.07) is 6.54. The monoisotopic (exact) mass is 234 g/mol. The quantitative estimate of drug-likeness (QED) is 0.844. The second kappa shape index (κ2) is 5.52. The third kappa shape index (κ3) is 2.99. The first-order valence-corrected chi connectivity index (χ1v) is 6.43. The van der Waals surface area contributed by atoms with Gasteiger partial charge in [0, 0.05) is 26.1 Å². The molecule has 1 aliphatic heterocycles. The molecular weight excluding hydrogens is 212 g/mol. The van der Waals surface area contributed by atoms with Gasteiger partial charge in [0.25, 0.3) is 0 Å². The van der Waals surface area contributed by atoms with Crippen LogP contribution in [0, 0.1) is 0 Å². The molecule has 0 amide bonds. The SMILES string of the molecule is CCN(CCN)Cc1ccc2c(c1)CC(C)O2. The molecule has 1 aromatic carbocycles. The summed E-state index contributed by atoms with van der Waals surface area (Å²) >= 11 is 0. The third-order valence-electron chi connectivity index (χ3n) is 3.26. The average molecular weight is 234 g/mol. The summed E-state index contributed by atoms with van der Waals surface area (Å²) in [7, 11) is 0. The summed E-state index contributed by atoms with van der Waals surface area (Å²) in [6.45, 7) is 8.00. The Balaban J connectivity index is 2.05. The van der Waals surface area contributed by atoms with E-state index in [9.17, 15) is 0 Å². The number of nitrogens with two attached hydrogens (primary N) is 1. The first-order valence-electron chi connectivity index (χ1n) is 6.43. The van der Waals surface area contributed by atoms with Crippen molar-refractivity contribution in [2.45, 2.75) is 32.9 Å². The Morgan fingerprint density at radius 1 is 1.47 bits per heavy atom. The van der Waals surface area contributed by atoms with Gasteiger partial charge in [0.1, 0.15) is 11.9 Å². The highest BCUT2D eigenvalue weighted by atomic mass is 16.5. The molecule has 2 N–H and O–H groups in total. The Kier molecular flexibility index (Phi) is 4.02. The van der Waals surface area contributed by atoms with Crippen molar-refractivity contribution < 1.29 is 4.74 Å². The highest BCUT2D eigenvalue weighted by molar-refractivity contribution is 5.40. The van der Waals surface area contributed by atoms with Gasteiger partial charge in [-0.3, -0.25) is 4.90 Å². The highest BCUT2D eigenvalue weighted by Gasteiger charge is 2.19. The van der Waals surface area contributed by atoms with E-state index in [1.807, 2.05) is 0 Å². The Morgan fingerprint density at radius 2 is 2.29 bits per heavy atom. The summed E-state index contributed by atoms with van der Waals surface area (Å²) < 4.78 is 5.71. The topological polar surface area (TPSA) is 38.5 Å². The normalized spacial score (nSPS) is 18.2. The molecule has 1 atom stereocenters. The van der Waals surface area contributed by atoms with Crippen LogP contribution < -0.4 is 10.5 Å². The lowest BCUT2D eigenvalue weighted by molar-refractivity contribution is 0.254. The van der Waals surface area contributed by atoms with Gasteiger partial charge in [-0.2, -0.15) is 0 Å². The maximum Gasteiger partial charge on any atom is 0.123 e. The fourth-order valence-electron chi connectivity index (χ4n) is 2.36. The van der Waals surface area contributed by atoms with E-state index in [2.05, 4.69) is 36.9 Å². The van der Waals surface area contributed by atoms with Crippen LogP contribution in [0.3, 0.4) is 0 Å². The van der Waals surface area contributed by atoms with Gasteiger partial charge in [-0.25, -0.2) is 0 Å². The number of fused-ring (bicyclic) bond motifs is 1. The molecule has 94 valence electrons. The maximum absolute atomic E-state index is 5.71. The summed E-state index contributed by atoms with van der Waals surface area (Å²) in [6.07, 6.45) is 1.36. The van der Waals surface area contributed by atoms with E-state index in [4.69, 9.17) is 10.5 Å². The minimum absolute atomic E-state index is 0.326. The van der Waals surface area contributed by atoms with Crippen LogP contribution in [0.25, 0.3) is 0 Å². The molecule has 1 heterocycles. The van der Waals surface area contributed by atoms with Crippen molar-refractivity contribution in [1.29, 1.82) is 0 Å². The molecule has 0 aromatic heterocycles. The van der Waals surface area contributed by atoms with Crippen LogP contribution in [-0.4, -0.2) is 30.6 Å². The van der Waals surface area contributed by atoms with Crippen molar-refractivity contribution in [1.82, 2.24) is 4.90 Å². The molecule has 0 spiro atoms. The van der Waals surface area contributed by atoms with Gasteiger partial charge in [-0.15, -0.1) is 0 Å². The maximum atomic E-state index is 5.71. The minimum atomic E-state index is 0.326. The standard InChI is InChI=1S/C14H22N2O/c1-3-16(7-6-15)10-12-4-5-14-13(9-12)8-11(2)17-14/h4-5,9,11H,3,6-8,10,15H2,1-2H3. The molecule has 1 aliphatic rings. The van der Waals surface area contributed by atoms with Crippen LogP contribution in [-0.2, 0) is 13.0 Å². The number of benzene rings is 1. The Labute approximate surface area is 104 Å². The van der Waals surface area contributed by atoms with E-state index >= 15 is 0 Å². The first kappa shape index (κ1) is 12.4. The van der Waals surface area contributed by atoms with Gasteiger partial charge in [0.05, 0.1) is 0 Å². The molecule has 17 heavy (non-hydrogen) atoms. The third-order valence-corrected chi connectivity index (χ3v) is 3.26. The van der Waals surface area contributed by atoms with Gasteiger partial charge in [0.2, 0.25) is 0 Å².